The highest BCUT2D eigenvalue weighted by atomic mass is 32.1. The lowest BCUT2D eigenvalue weighted by molar-refractivity contribution is 0.474. The number of benzene rings is 2. The molecule has 2 aromatic carbocycles. The van der Waals surface area contributed by atoms with E-state index in [-0.39, 0.29) is 5.75 Å². The van der Waals surface area contributed by atoms with Gasteiger partial charge in [0.1, 0.15) is 5.75 Å². The average molecular weight is 320 g/mol. The topological polar surface area (TPSA) is 63.8 Å². The number of nitrogens with zero attached hydrogens (tertiary/aromatic N) is 4. The first-order valence-electron chi connectivity index (χ1n) is 7.01. The zero-order valence-electron chi connectivity index (χ0n) is 12.0. The van der Waals surface area contributed by atoms with Crippen LogP contribution < -0.4 is 0 Å². The maximum atomic E-state index is 10.1. The lowest BCUT2D eigenvalue weighted by atomic mass is 10.1. The van der Waals surface area contributed by atoms with Crippen molar-refractivity contribution in [1.82, 2.24) is 19.7 Å². The van der Waals surface area contributed by atoms with Gasteiger partial charge in [-0.1, -0.05) is 36.4 Å². The minimum atomic E-state index is 0.0507. The normalized spacial score (nSPS) is 11.0. The van der Waals surface area contributed by atoms with Gasteiger partial charge in [0.2, 0.25) is 0 Å². The van der Waals surface area contributed by atoms with Crippen LogP contribution in [0.3, 0.4) is 0 Å². The fraction of sp³-hybridized carbons (Fsp3) is 0. The first-order chi connectivity index (χ1) is 11.3. The van der Waals surface area contributed by atoms with Crippen molar-refractivity contribution in [2.24, 2.45) is 0 Å². The summed E-state index contributed by atoms with van der Waals surface area (Å²) in [5, 5.41) is 20.9. The molecular weight excluding hydrogens is 308 g/mol. The Kier molecular flexibility index (Phi) is 3.24. The first kappa shape index (κ1) is 13.8. The van der Waals surface area contributed by atoms with Crippen LogP contribution in [-0.4, -0.2) is 24.9 Å². The molecular formula is C17H12N4OS. The van der Waals surface area contributed by atoms with Gasteiger partial charge in [0.05, 0.1) is 17.4 Å². The van der Waals surface area contributed by atoms with Crippen molar-refractivity contribution in [3.63, 3.8) is 0 Å². The van der Waals surface area contributed by atoms with E-state index in [1.54, 1.807) is 12.3 Å². The van der Waals surface area contributed by atoms with E-state index in [9.17, 15) is 5.11 Å². The van der Waals surface area contributed by atoms with Gasteiger partial charge in [0, 0.05) is 11.6 Å². The standard InChI is InChI=1S/C17H12N4OS/c22-15-10-18-9-8-13(15)16-19-20-17(23)21(16)14-7-3-5-11-4-1-2-6-12(11)14/h1-10,22H,(H,20,23). The third-order valence-corrected chi connectivity index (χ3v) is 3.98. The predicted octanol–water partition coefficient (Wildman–Crippen LogP) is 3.48. The van der Waals surface area contributed by atoms with E-state index in [4.69, 9.17) is 0 Å². The highest BCUT2D eigenvalue weighted by Crippen LogP contribution is 2.32. The molecule has 0 unspecified atom stereocenters. The highest BCUT2D eigenvalue weighted by Gasteiger charge is 2.17. The van der Waals surface area contributed by atoms with Crippen LogP contribution in [0.4, 0.5) is 0 Å². The van der Waals surface area contributed by atoms with Crippen LogP contribution in [0.15, 0.2) is 66.1 Å². The van der Waals surface area contributed by atoms with E-state index in [1.807, 2.05) is 47.0 Å². The number of fused-ring (bicyclic) bond motifs is 1. The van der Waals surface area contributed by atoms with E-state index >= 15 is 0 Å². The molecule has 112 valence electrons. The molecule has 0 saturated heterocycles. The Balaban J connectivity index is 2.03. The minimum Gasteiger partial charge on any atom is -0.506 e. The average Bonchev–Trinajstić information content (AvgIpc) is 2.96. The van der Waals surface area contributed by atoms with Gasteiger partial charge < -0.3 is 5.11 Å². The number of aromatic nitrogens is 4. The summed E-state index contributed by atoms with van der Waals surface area (Å²) in [6.45, 7) is 0. The van der Waals surface area contributed by atoms with Gasteiger partial charge in [0.15, 0.2) is 11.0 Å². The van der Waals surface area contributed by atoms with E-state index in [1.165, 1.54) is 6.20 Å². The number of pyridine rings is 1. The predicted molar refractivity (Wildman–Crippen MR) is 91.0 cm³/mol. The van der Waals surface area contributed by atoms with Gasteiger partial charge in [-0.05, 0) is 17.5 Å². The molecule has 0 bridgehead atoms. The Hall–Kier alpha value is -2.86. The zero-order chi connectivity index (χ0) is 15.8. The summed E-state index contributed by atoms with van der Waals surface area (Å²) in [5.41, 5.74) is 1.46. The van der Waals surface area contributed by atoms with Crippen LogP contribution in [0.25, 0.3) is 27.8 Å². The summed E-state index contributed by atoms with van der Waals surface area (Å²) >= 11 is 4.43. The quantitative estimate of drug-likeness (QED) is 0.555. The van der Waals surface area contributed by atoms with E-state index < -0.39 is 0 Å². The fourth-order valence-electron chi connectivity index (χ4n) is 2.65. The van der Waals surface area contributed by atoms with Gasteiger partial charge >= 0.3 is 0 Å². The summed E-state index contributed by atoms with van der Waals surface area (Å²) in [7, 11) is 0. The third-order valence-electron chi connectivity index (χ3n) is 3.69. The van der Waals surface area contributed by atoms with Gasteiger partial charge in [-0.2, -0.15) is 0 Å². The Labute approximate surface area is 137 Å². The second kappa shape index (κ2) is 5.40. The molecule has 0 amide bonds. The number of aromatic hydroxyl groups is 1. The number of hydrogen-bond acceptors (Lipinski definition) is 5. The molecule has 5 nitrogen and oxygen atoms in total. The van der Waals surface area contributed by atoms with Crippen LogP contribution in [0, 0.1) is 0 Å². The van der Waals surface area contributed by atoms with Gasteiger partial charge in [-0.15, -0.1) is 22.8 Å². The molecule has 0 saturated carbocycles. The van der Waals surface area contributed by atoms with Crippen molar-refractivity contribution in [3.05, 3.63) is 60.9 Å². The second-order valence-corrected chi connectivity index (χ2v) is 5.45. The third kappa shape index (κ3) is 2.24. The summed E-state index contributed by atoms with van der Waals surface area (Å²) < 4.78 is 1.82. The largest absolute Gasteiger partial charge is 0.506 e. The Morgan fingerprint density at radius 1 is 0.957 bits per heavy atom. The summed E-state index contributed by atoms with van der Waals surface area (Å²) in [6.07, 6.45) is 2.99. The zero-order valence-corrected chi connectivity index (χ0v) is 12.9. The molecule has 2 aromatic heterocycles. The van der Waals surface area contributed by atoms with E-state index in [0.717, 1.165) is 16.5 Å². The van der Waals surface area contributed by atoms with Gasteiger partial charge in [-0.3, -0.25) is 9.55 Å². The molecule has 0 aliphatic heterocycles. The smallest absolute Gasteiger partial charge is 0.193 e. The minimum absolute atomic E-state index is 0.0507. The summed E-state index contributed by atoms with van der Waals surface area (Å²) in [4.78, 5) is 3.90. The SMILES string of the molecule is Oc1cnccc1-c1nnc(S)n1-c1cccc2ccccc12. The van der Waals surface area contributed by atoms with Crippen LogP contribution in [0.2, 0.25) is 0 Å². The molecule has 0 atom stereocenters. The molecule has 23 heavy (non-hydrogen) atoms. The van der Waals surface area contributed by atoms with Crippen molar-refractivity contribution in [2.75, 3.05) is 0 Å². The molecule has 4 aromatic rings. The molecule has 0 fully saturated rings. The lowest BCUT2D eigenvalue weighted by Gasteiger charge is -2.12. The molecule has 0 spiro atoms. The monoisotopic (exact) mass is 320 g/mol. The van der Waals surface area contributed by atoms with Gasteiger partial charge in [-0.25, -0.2) is 0 Å². The van der Waals surface area contributed by atoms with Crippen molar-refractivity contribution in [1.29, 1.82) is 0 Å². The lowest BCUT2D eigenvalue weighted by Crippen LogP contribution is -1.99. The molecule has 0 radical (unpaired) electrons. The van der Waals surface area contributed by atoms with Crippen LogP contribution in [-0.2, 0) is 0 Å². The molecule has 2 heterocycles. The Morgan fingerprint density at radius 2 is 1.78 bits per heavy atom. The van der Waals surface area contributed by atoms with Crippen molar-refractivity contribution in [3.8, 4) is 22.8 Å². The summed E-state index contributed by atoms with van der Waals surface area (Å²) in [5.74, 6) is 0.570. The van der Waals surface area contributed by atoms with Gasteiger partial charge in [0.25, 0.3) is 0 Å². The number of hydrogen-bond donors (Lipinski definition) is 2. The Bertz CT molecular complexity index is 1010. The molecule has 1 N–H and O–H groups in total. The Morgan fingerprint density at radius 3 is 2.65 bits per heavy atom. The number of thiol groups is 1. The molecule has 0 aliphatic rings. The highest BCUT2D eigenvalue weighted by molar-refractivity contribution is 7.80. The van der Waals surface area contributed by atoms with Crippen molar-refractivity contribution < 1.29 is 5.11 Å². The van der Waals surface area contributed by atoms with Crippen molar-refractivity contribution >= 4 is 23.4 Å². The maximum Gasteiger partial charge on any atom is 0.193 e. The summed E-state index contributed by atoms with van der Waals surface area (Å²) in [6, 6.07) is 15.8. The van der Waals surface area contributed by atoms with Crippen molar-refractivity contribution in [2.45, 2.75) is 5.16 Å². The van der Waals surface area contributed by atoms with Crippen LogP contribution in [0.1, 0.15) is 0 Å². The first-order valence-corrected chi connectivity index (χ1v) is 7.46. The molecule has 6 heteroatoms. The van der Waals surface area contributed by atoms with Crippen LogP contribution in [0.5, 0.6) is 5.75 Å². The van der Waals surface area contributed by atoms with Crippen LogP contribution >= 0.6 is 12.6 Å². The van der Waals surface area contributed by atoms with E-state index in [2.05, 4.69) is 27.8 Å². The molecule has 0 aliphatic carbocycles. The maximum absolute atomic E-state index is 10.1. The second-order valence-electron chi connectivity index (χ2n) is 5.05. The van der Waals surface area contributed by atoms with E-state index in [0.29, 0.717) is 16.5 Å². The number of rotatable bonds is 2. The molecule has 4 rings (SSSR count). The fourth-order valence-corrected chi connectivity index (χ4v) is 2.90.